The lowest BCUT2D eigenvalue weighted by atomic mass is 9.57. The molecule has 2 aromatic carbocycles. The van der Waals surface area contributed by atoms with Crippen molar-refractivity contribution in [3.63, 3.8) is 0 Å². The number of rotatable bonds is 1. The van der Waals surface area contributed by atoms with E-state index in [1.165, 1.54) is 36.1 Å². The van der Waals surface area contributed by atoms with Crippen LogP contribution in [0.1, 0.15) is 36.8 Å². The van der Waals surface area contributed by atoms with E-state index in [1.54, 1.807) is 0 Å². The summed E-state index contributed by atoms with van der Waals surface area (Å²) >= 11 is 0. The minimum absolute atomic E-state index is 0.0781. The molecule has 2 aromatic rings. The monoisotopic (exact) mass is 404 g/mol. The highest BCUT2D eigenvalue weighted by atomic mass is 16.5. The number of hydrogen-bond acceptors (Lipinski definition) is 4. The van der Waals surface area contributed by atoms with Gasteiger partial charge < -0.3 is 19.6 Å². The van der Waals surface area contributed by atoms with E-state index in [9.17, 15) is 5.11 Å². The number of nitrogens with zero attached hydrogens (tertiary/aromatic N) is 2. The molecule has 5 aliphatic rings. The van der Waals surface area contributed by atoms with Gasteiger partial charge in [0.2, 0.25) is 0 Å². The Morgan fingerprint density at radius 3 is 2.83 bits per heavy atom. The first-order valence-electron chi connectivity index (χ1n) is 11.6. The molecule has 158 valence electrons. The van der Waals surface area contributed by atoms with Crippen molar-refractivity contribution in [3.05, 3.63) is 59.7 Å². The van der Waals surface area contributed by atoms with Gasteiger partial charge in [0.1, 0.15) is 5.75 Å². The fourth-order valence-electron chi connectivity index (χ4n) is 7.15. The molecule has 4 heterocycles. The molecule has 30 heavy (non-hydrogen) atoms. The van der Waals surface area contributed by atoms with Crippen molar-refractivity contribution in [3.8, 4) is 5.75 Å². The molecule has 3 fully saturated rings. The Bertz CT molecular complexity index is 932. The van der Waals surface area contributed by atoms with Crippen molar-refractivity contribution in [2.75, 3.05) is 31.6 Å². The van der Waals surface area contributed by atoms with Gasteiger partial charge >= 0.3 is 0 Å². The summed E-state index contributed by atoms with van der Waals surface area (Å²) in [7, 11) is 2.27. The van der Waals surface area contributed by atoms with Gasteiger partial charge in [0.15, 0.2) is 0 Å². The zero-order chi connectivity index (χ0) is 20.3. The van der Waals surface area contributed by atoms with E-state index >= 15 is 0 Å². The van der Waals surface area contributed by atoms with Crippen LogP contribution in [0, 0.1) is 5.92 Å². The fourth-order valence-corrected chi connectivity index (χ4v) is 7.15. The molecule has 4 unspecified atom stereocenters. The lowest BCUT2D eigenvalue weighted by Gasteiger charge is -2.50. The van der Waals surface area contributed by atoms with Gasteiger partial charge in [-0.25, -0.2) is 0 Å². The third-order valence-electron chi connectivity index (χ3n) is 8.56. The average Bonchev–Trinajstić information content (AvgIpc) is 3.18. The molecule has 1 spiro atoms. The maximum absolute atomic E-state index is 10.5. The molecule has 4 nitrogen and oxygen atoms in total. The second-order valence-electron chi connectivity index (χ2n) is 9.93. The second kappa shape index (κ2) is 7.00. The number of anilines is 1. The maximum Gasteiger partial charge on any atom is 0.115 e. The third-order valence-corrected chi connectivity index (χ3v) is 8.56. The molecule has 0 radical (unpaired) electrons. The number of ether oxygens (including phenoxy) is 1. The van der Waals surface area contributed by atoms with Crippen molar-refractivity contribution < 1.29 is 9.84 Å². The van der Waals surface area contributed by atoms with Crippen molar-refractivity contribution >= 4 is 5.69 Å². The molecule has 7 rings (SSSR count). The zero-order valence-electron chi connectivity index (χ0n) is 17.8. The Morgan fingerprint density at radius 2 is 1.97 bits per heavy atom. The number of phenolic OH excluding ortho intramolecular Hbond substituents is 1. The highest BCUT2D eigenvalue weighted by Crippen LogP contribution is 2.55. The molecule has 4 heteroatoms. The summed E-state index contributed by atoms with van der Waals surface area (Å²) in [5.41, 5.74) is 4.25. The Kier molecular flexibility index (Phi) is 4.36. The van der Waals surface area contributed by atoms with Gasteiger partial charge in [-0.1, -0.05) is 30.7 Å². The number of para-hydroxylation sites is 1. The average molecular weight is 405 g/mol. The predicted octanol–water partition coefficient (Wildman–Crippen LogP) is 3.96. The molecule has 2 bridgehead atoms. The van der Waals surface area contributed by atoms with Crippen molar-refractivity contribution in [2.45, 2.75) is 55.7 Å². The molecule has 1 aliphatic carbocycles. The summed E-state index contributed by atoms with van der Waals surface area (Å²) < 4.78 is 6.77. The van der Waals surface area contributed by atoms with Gasteiger partial charge in [-0.3, -0.25) is 0 Å². The van der Waals surface area contributed by atoms with Crippen LogP contribution in [0.15, 0.2) is 48.5 Å². The van der Waals surface area contributed by atoms with Gasteiger partial charge in [-0.2, -0.15) is 0 Å². The summed E-state index contributed by atoms with van der Waals surface area (Å²) in [5.74, 6) is 0.882. The standard InChI is InChI=1S/C26H32N2O2/c1-27-13-12-26-11-5-8-23-25(26)24(16-28(23)19-6-3-2-4-7-19)30-17-20(27)14-18-9-10-21(29)15-22(18)26/h2-4,6-7,9-10,15,20,23-25,29H,5,8,11-14,16-17H2,1H3/t20?,23?,24-,25?,26?/m1/s1. The number of hydrogen-bond donors (Lipinski definition) is 1. The smallest absolute Gasteiger partial charge is 0.115 e. The molecular formula is C26H32N2O2. The van der Waals surface area contributed by atoms with Gasteiger partial charge in [0.05, 0.1) is 12.7 Å². The summed E-state index contributed by atoms with van der Waals surface area (Å²) in [4.78, 5) is 5.16. The van der Waals surface area contributed by atoms with Gasteiger partial charge in [-0.05, 0) is 74.7 Å². The lowest BCUT2D eigenvalue weighted by Crippen LogP contribution is -2.52. The molecule has 0 amide bonds. The van der Waals surface area contributed by atoms with Crippen LogP contribution < -0.4 is 4.90 Å². The van der Waals surface area contributed by atoms with E-state index in [0.717, 1.165) is 32.5 Å². The van der Waals surface area contributed by atoms with Crippen LogP contribution in [0.4, 0.5) is 5.69 Å². The van der Waals surface area contributed by atoms with E-state index < -0.39 is 0 Å². The molecule has 1 N–H and O–H groups in total. The molecule has 5 atom stereocenters. The molecule has 0 aromatic heterocycles. The molecule has 2 saturated heterocycles. The predicted molar refractivity (Wildman–Crippen MR) is 119 cm³/mol. The number of fused-ring (bicyclic) bond motifs is 3. The SMILES string of the molecule is CN1CCC23CCCC4C2[C@@H](CN4c2ccccc2)OCC1Cc1ccc(O)cc13. The largest absolute Gasteiger partial charge is 0.508 e. The zero-order valence-corrected chi connectivity index (χ0v) is 17.8. The first-order chi connectivity index (χ1) is 14.7. The Balaban J connectivity index is 1.53. The Hall–Kier alpha value is -2.04. The van der Waals surface area contributed by atoms with E-state index in [2.05, 4.69) is 59.3 Å². The maximum atomic E-state index is 10.5. The van der Waals surface area contributed by atoms with Gasteiger partial charge in [0, 0.05) is 35.6 Å². The summed E-state index contributed by atoms with van der Waals surface area (Å²) in [5, 5.41) is 10.5. The molecular weight excluding hydrogens is 372 g/mol. The minimum Gasteiger partial charge on any atom is -0.508 e. The van der Waals surface area contributed by atoms with Crippen LogP contribution in [-0.4, -0.2) is 54.9 Å². The quantitative estimate of drug-likeness (QED) is 0.780. The third kappa shape index (κ3) is 2.73. The second-order valence-corrected chi connectivity index (χ2v) is 9.93. The Morgan fingerprint density at radius 1 is 1.10 bits per heavy atom. The fraction of sp³-hybridized carbons (Fsp3) is 0.538. The van der Waals surface area contributed by atoms with Crippen LogP contribution in [0.25, 0.3) is 0 Å². The molecule has 1 saturated carbocycles. The number of aromatic hydroxyl groups is 1. The van der Waals surface area contributed by atoms with Crippen LogP contribution in [0.2, 0.25) is 0 Å². The topological polar surface area (TPSA) is 35.9 Å². The van der Waals surface area contributed by atoms with Crippen molar-refractivity contribution in [1.82, 2.24) is 4.90 Å². The minimum atomic E-state index is 0.0781. The molecule has 4 aliphatic heterocycles. The highest BCUT2D eigenvalue weighted by molar-refractivity contribution is 5.52. The van der Waals surface area contributed by atoms with Crippen LogP contribution >= 0.6 is 0 Å². The van der Waals surface area contributed by atoms with Gasteiger partial charge in [-0.15, -0.1) is 0 Å². The summed E-state index contributed by atoms with van der Waals surface area (Å²) in [6.07, 6.45) is 6.08. The summed E-state index contributed by atoms with van der Waals surface area (Å²) in [6.45, 7) is 2.87. The first kappa shape index (κ1) is 18.7. The van der Waals surface area contributed by atoms with Crippen molar-refractivity contribution in [1.29, 1.82) is 0 Å². The van der Waals surface area contributed by atoms with E-state index in [-0.39, 0.29) is 11.5 Å². The van der Waals surface area contributed by atoms with Crippen molar-refractivity contribution in [2.24, 2.45) is 5.92 Å². The highest BCUT2D eigenvalue weighted by Gasteiger charge is 2.57. The number of phenols is 1. The van der Waals surface area contributed by atoms with Crippen LogP contribution in [-0.2, 0) is 16.6 Å². The number of likely N-dealkylation sites (N-methyl/N-ethyl adjacent to an activating group) is 1. The van der Waals surface area contributed by atoms with Crippen LogP contribution in [0.3, 0.4) is 0 Å². The van der Waals surface area contributed by atoms with Gasteiger partial charge in [0.25, 0.3) is 0 Å². The van der Waals surface area contributed by atoms with E-state index in [0.29, 0.717) is 23.8 Å². The summed E-state index contributed by atoms with van der Waals surface area (Å²) in [6, 6.07) is 18.0. The normalized spacial score (nSPS) is 35.7. The Labute approximate surface area is 179 Å². The number of benzene rings is 2. The lowest BCUT2D eigenvalue weighted by molar-refractivity contribution is -0.0129. The van der Waals surface area contributed by atoms with E-state index in [4.69, 9.17) is 4.74 Å². The van der Waals surface area contributed by atoms with Crippen LogP contribution in [0.5, 0.6) is 5.75 Å². The van der Waals surface area contributed by atoms with E-state index in [1.807, 2.05) is 6.07 Å². The first-order valence-corrected chi connectivity index (χ1v) is 11.6.